The highest BCUT2D eigenvalue weighted by Gasteiger charge is 2.03. The van der Waals surface area contributed by atoms with Gasteiger partial charge in [0.15, 0.2) is 18.9 Å². The SMILES string of the molecule is Cc1cc(C)c[n+](CCc2ccccc2)c1. The number of aromatic nitrogens is 1. The fourth-order valence-electron chi connectivity index (χ4n) is 2.03. The van der Waals surface area contributed by atoms with E-state index in [0.717, 1.165) is 13.0 Å². The lowest BCUT2D eigenvalue weighted by molar-refractivity contribution is -0.697. The van der Waals surface area contributed by atoms with E-state index in [-0.39, 0.29) is 0 Å². The Morgan fingerprint density at radius 2 is 1.56 bits per heavy atom. The van der Waals surface area contributed by atoms with Crippen molar-refractivity contribution >= 4 is 0 Å². The lowest BCUT2D eigenvalue weighted by Crippen LogP contribution is -2.34. The third-order valence-electron chi connectivity index (χ3n) is 2.70. The third kappa shape index (κ3) is 2.93. The molecule has 0 fully saturated rings. The minimum Gasteiger partial charge on any atom is -0.204 e. The van der Waals surface area contributed by atoms with Crippen LogP contribution in [-0.2, 0) is 13.0 Å². The van der Waals surface area contributed by atoms with Crippen LogP contribution in [0.25, 0.3) is 0 Å². The first-order valence-electron chi connectivity index (χ1n) is 5.75. The molecule has 0 aliphatic heterocycles. The molecule has 2 aromatic rings. The molecule has 1 aromatic carbocycles. The van der Waals surface area contributed by atoms with Crippen molar-refractivity contribution < 1.29 is 4.57 Å². The fraction of sp³-hybridized carbons (Fsp3) is 0.267. The van der Waals surface area contributed by atoms with Crippen LogP contribution in [0, 0.1) is 13.8 Å². The molecule has 0 aliphatic rings. The van der Waals surface area contributed by atoms with Crippen LogP contribution < -0.4 is 4.57 Å². The van der Waals surface area contributed by atoms with E-state index in [1.807, 2.05) is 0 Å². The number of rotatable bonds is 3. The van der Waals surface area contributed by atoms with Gasteiger partial charge in [0.25, 0.3) is 0 Å². The third-order valence-corrected chi connectivity index (χ3v) is 2.70. The van der Waals surface area contributed by atoms with Crippen molar-refractivity contribution in [2.24, 2.45) is 0 Å². The normalized spacial score (nSPS) is 10.4. The Morgan fingerprint density at radius 1 is 0.938 bits per heavy atom. The Morgan fingerprint density at radius 3 is 2.19 bits per heavy atom. The highest BCUT2D eigenvalue weighted by molar-refractivity contribution is 5.14. The molecule has 1 nitrogen and oxygen atoms in total. The van der Waals surface area contributed by atoms with Gasteiger partial charge in [0, 0.05) is 17.5 Å². The van der Waals surface area contributed by atoms with E-state index >= 15 is 0 Å². The van der Waals surface area contributed by atoms with Crippen molar-refractivity contribution in [3.05, 3.63) is 65.5 Å². The molecule has 0 amide bonds. The Kier molecular flexibility index (Phi) is 3.35. The minimum absolute atomic E-state index is 1.05. The van der Waals surface area contributed by atoms with Crippen molar-refractivity contribution in [2.45, 2.75) is 26.8 Å². The molecule has 0 aliphatic carbocycles. The number of aryl methyl sites for hydroxylation is 4. The van der Waals surface area contributed by atoms with Crippen LogP contribution in [0.3, 0.4) is 0 Å². The van der Waals surface area contributed by atoms with Gasteiger partial charge in [0.1, 0.15) is 0 Å². The summed E-state index contributed by atoms with van der Waals surface area (Å²) in [6.07, 6.45) is 5.50. The second-order valence-corrected chi connectivity index (χ2v) is 4.36. The number of benzene rings is 1. The maximum atomic E-state index is 2.28. The van der Waals surface area contributed by atoms with Crippen LogP contribution in [0.15, 0.2) is 48.8 Å². The summed E-state index contributed by atoms with van der Waals surface area (Å²) in [4.78, 5) is 0. The van der Waals surface area contributed by atoms with Gasteiger partial charge in [-0.15, -0.1) is 0 Å². The molecule has 0 atom stereocenters. The molecule has 1 heterocycles. The van der Waals surface area contributed by atoms with Gasteiger partial charge in [-0.05, 0) is 25.5 Å². The zero-order valence-electron chi connectivity index (χ0n) is 9.98. The summed E-state index contributed by atoms with van der Waals surface area (Å²) < 4.78 is 2.28. The topological polar surface area (TPSA) is 3.88 Å². The van der Waals surface area contributed by atoms with Crippen LogP contribution in [0.1, 0.15) is 16.7 Å². The van der Waals surface area contributed by atoms with E-state index in [0.29, 0.717) is 0 Å². The largest absolute Gasteiger partial charge is 0.204 e. The molecular formula is C15H18N+. The smallest absolute Gasteiger partial charge is 0.171 e. The van der Waals surface area contributed by atoms with E-state index < -0.39 is 0 Å². The van der Waals surface area contributed by atoms with E-state index in [9.17, 15) is 0 Å². The first-order chi connectivity index (χ1) is 7.74. The Balaban J connectivity index is 2.05. The average molecular weight is 212 g/mol. The van der Waals surface area contributed by atoms with E-state index in [2.05, 4.69) is 67.2 Å². The maximum absolute atomic E-state index is 2.28. The Labute approximate surface area is 97.4 Å². The number of hydrogen-bond acceptors (Lipinski definition) is 0. The average Bonchev–Trinajstić information content (AvgIpc) is 2.27. The first-order valence-corrected chi connectivity index (χ1v) is 5.75. The second-order valence-electron chi connectivity index (χ2n) is 4.36. The van der Waals surface area contributed by atoms with Gasteiger partial charge in [-0.25, -0.2) is 4.57 Å². The fourth-order valence-corrected chi connectivity index (χ4v) is 2.03. The molecule has 1 aromatic heterocycles. The van der Waals surface area contributed by atoms with E-state index in [4.69, 9.17) is 0 Å². The summed E-state index contributed by atoms with van der Waals surface area (Å²) in [5.74, 6) is 0. The summed E-state index contributed by atoms with van der Waals surface area (Å²) in [6.45, 7) is 5.34. The highest BCUT2D eigenvalue weighted by Crippen LogP contribution is 2.01. The predicted molar refractivity (Wildman–Crippen MR) is 66.3 cm³/mol. The molecule has 0 saturated carbocycles. The summed E-state index contributed by atoms with van der Waals surface area (Å²) in [5.41, 5.74) is 4.05. The van der Waals surface area contributed by atoms with Gasteiger partial charge in [-0.2, -0.15) is 0 Å². The van der Waals surface area contributed by atoms with Gasteiger partial charge in [0.05, 0.1) is 0 Å². The van der Waals surface area contributed by atoms with Gasteiger partial charge < -0.3 is 0 Å². The zero-order valence-corrected chi connectivity index (χ0v) is 9.98. The minimum atomic E-state index is 1.05. The summed E-state index contributed by atoms with van der Waals surface area (Å²) in [6, 6.07) is 12.8. The van der Waals surface area contributed by atoms with E-state index in [1.165, 1.54) is 16.7 Å². The van der Waals surface area contributed by atoms with Crippen LogP contribution in [0.5, 0.6) is 0 Å². The van der Waals surface area contributed by atoms with Crippen molar-refractivity contribution in [3.63, 3.8) is 0 Å². The molecule has 1 heteroatoms. The molecule has 0 unspecified atom stereocenters. The lowest BCUT2D eigenvalue weighted by Gasteiger charge is -2.00. The van der Waals surface area contributed by atoms with Crippen molar-refractivity contribution in [3.8, 4) is 0 Å². The molecule has 0 radical (unpaired) electrons. The molecule has 2 rings (SSSR count). The summed E-state index contributed by atoms with van der Waals surface area (Å²) in [7, 11) is 0. The van der Waals surface area contributed by atoms with Crippen molar-refractivity contribution in [1.29, 1.82) is 0 Å². The van der Waals surface area contributed by atoms with Gasteiger partial charge in [-0.3, -0.25) is 0 Å². The molecule has 16 heavy (non-hydrogen) atoms. The maximum Gasteiger partial charge on any atom is 0.171 e. The molecule has 0 spiro atoms. The monoisotopic (exact) mass is 212 g/mol. The molecule has 0 saturated heterocycles. The lowest BCUT2D eigenvalue weighted by atomic mass is 10.1. The van der Waals surface area contributed by atoms with Crippen LogP contribution >= 0.6 is 0 Å². The standard InChI is InChI=1S/C15H18N/c1-13-10-14(2)12-16(11-13)9-8-15-6-4-3-5-7-15/h3-7,10-12H,8-9H2,1-2H3/q+1. The first kappa shape index (κ1) is 10.9. The highest BCUT2D eigenvalue weighted by atomic mass is 14.9. The summed E-state index contributed by atoms with van der Waals surface area (Å²) >= 11 is 0. The van der Waals surface area contributed by atoms with E-state index in [1.54, 1.807) is 0 Å². The number of pyridine rings is 1. The van der Waals surface area contributed by atoms with Crippen LogP contribution in [0.4, 0.5) is 0 Å². The molecular weight excluding hydrogens is 194 g/mol. The molecule has 0 N–H and O–H groups in total. The predicted octanol–water partition coefficient (Wildman–Crippen LogP) is 2.83. The zero-order chi connectivity index (χ0) is 11.4. The summed E-state index contributed by atoms with van der Waals surface area (Å²) in [5, 5.41) is 0. The molecule has 0 bridgehead atoms. The Hall–Kier alpha value is -1.63. The molecule has 82 valence electrons. The van der Waals surface area contributed by atoms with Crippen LogP contribution in [0.2, 0.25) is 0 Å². The number of nitrogens with zero attached hydrogens (tertiary/aromatic N) is 1. The Bertz CT molecular complexity index is 440. The quantitative estimate of drug-likeness (QED) is 0.689. The van der Waals surface area contributed by atoms with Crippen LogP contribution in [-0.4, -0.2) is 0 Å². The second kappa shape index (κ2) is 4.93. The van der Waals surface area contributed by atoms with Gasteiger partial charge >= 0.3 is 0 Å². The van der Waals surface area contributed by atoms with Crippen molar-refractivity contribution in [2.75, 3.05) is 0 Å². The van der Waals surface area contributed by atoms with Gasteiger partial charge in [-0.1, -0.05) is 30.3 Å². The number of hydrogen-bond donors (Lipinski definition) is 0. The van der Waals surface area contributed by atoms with Gasteiger partial charge in [0.2, 0.25) is 0 Å². The van der Waals surface area contributed by atoms with Crippen molar-refractivity contribution in [1.82, 2.24) is 0 Å².